The van der Waals surface area contributed by atoms with Crippen LogP contribution in [-0.4, -0.2) is 22.9 Å². The maximum Gasteiger partial charge on any atom is 0.212 e. The number of ketones is 1. The van der Waals surface area contributed by atoms with E-state index in [1.807, 2.05) is 24.3 Å². The van der Waals surface area contributed by atoms with E-state index in [0.717, 1.165) is 16.7 Å². The number of aryl methyl sites for hydroxylation is 1. The molecule has 4 heteroatoms. The van der Waals surface area contributed by atoms with Crippen molar-refractivity contribution < 1.29 is 9.53 Å². The summed E-state index contributed by atoms with van der Waals surface area (Å²) in [5.74, 6) is 1.19. The third kappa shape index (κ3) is 2.48. The van der Waals surface area contributed by atoms with Crippen LogP contribution < -0.4 is 4.74 Å². The average molecular weight is 278 g/mol. The summed E-state index contributed by atoms with van der Waals surface area (Å²) < 4.78 is 5.11. The van der Waals surface area contributed by atoms with E-state index in [2.05, 4.69) is 9.97 Å². The fraction of sp³-hybridized carbons (Fsp3) is 0.118. The van der Waals surface area contributed by atoms with Gasteiger partial charge in [-0.15, -0.1) is 0 Å². The Hall–Kier alpha value is -2.75. The van der Waals surface area contributed by atoms with Gasteiger partial charge in [0.1, 0.15) is 17.3 Å². The van der Waals surface area contributed by atoms with Crippen LogP contribution in [0.4, 0.5) is 0 Å². The van der Waals surface area contributed by atoms with Crippen LogP contribution >= 0.6 is 0 Å². The fourth-order valence-electron chi connectivity index (χ4n) is 2.24. The molecule has 1 heterocycles. The Morgan fingerprint density at radius 3 is 2.43 bits per heavy atom. The van der Waals surface area contributed by atoms with Crippen molar-refractivity contribution in [3.05, 3.63) is 65.6 Å². The molecule has 4 nitrogen and oxygen atoms in total. The molecule has 0 aliphatic rings. The number of methoxy groups -OCH3 is 1. The molecule has 0 spiro atoms. The van der Waals surface area contributed by atoms with E-state index in [1.165, 1.54) is 0 Å². The van der Waals surface area contributed by atoms with Gasteiger partial charge in [0.2, 0.25) is 5.78 Å². The van der Waals surface area contributed by atoms with Crippen molar-refractivity contribution in [1.29, 1.82) is 0 Å². The standard InChI is InChI=1S/C17H14N2O2/c1-11-18-15-6-4-3-5-14(15)16(19-11)17(20)12-7-9-13(21-2)10-8-12/h3-10H,1-2H3. The minimum absolute atomic E-state index is 0.112. The molecule has 0 saturated carbocycles. The lowest BCUT2D eigenvalue weighted by molar-refractivity contribution is 0.103. The number of hydrogen-bond donors (Lipinski definition) is 0. The van der Waals surface area contributed by atoms with Gasteiger partial charge in [-0.3, -0.25) is 4.79 Å². The lowest BCUT2D eigenvalue weighted by Crippen LogP contribution is -2.07. The maximum absolute atomic E-state index is 12.7. The number of fused-ring (bicyclic) bond motifs is 1. The van der Waals surface area contributed by atoms with Crippen molar-refractivity contribution in [2.75, 3.05) is 7.11 Å². The van der Waals surface area contributed by atoms with E-state index in [4.69, 9.17) is 4.74 Å². The molecule has 0 fully saturated rings. The highest BCUT2D eigenvalue weighted by Gasteiger charge is 2.15. The molecule has 0 radical (unpaired) electrons. The first-order valence-electron chi connectivity index (χ1n) is 6.61. The Morgan fingerprint density at radius 2 is 1.71 bits per heavy atom. The van der Waals surface area contributed by atoms with Crippen molar-refractivity contribution in [2.45, 2.75) is 6.92 Å². The first-order chi connectivity index (χ1) is 10.2. The summed E-state index contributed by atoms with van der Waals surface area (Å²) in [4.78, 5) is 21.4. The topological polar surface area (TPSA) is 52.1 Å². The summed E-state index contributed by atoms with van der Waals surface area (Å²) in [6.07, 6.45) is 0. The second kappa shape index (κ2) is 5.32. The summed E-state index contributed by atoms with van der Waals surface area (Å²) in [5.41, 5.74) is 1.80. The summed E-state index contributed by atoms with van der Waals surface area (Å²) in [6.45, 7) is 1.79. The molecule has 21 heavy (non-hydrogen) atoms. The van der Waals surface area contributed by atoms with Gasteiger partial charge in [0.25, 0.3) is 0 Å². The Kier molecular flexibility index (Phi) is 3.36. The van der Waals surface area contributed by atoms with Crippen molar-refractivity contribution in [2.24, 2.45) is 0 Å². The van der Waals surface area contributed by atoms with Gasteiger partial charge in [0, 0.05) is 10.9 Å². The molecule has 0 saturated heterocycles. The molecule has 0 aliphatic heterocycles. The van der Waals surface area contributed by atoms with Gasteiger partial charge < -0.3 is 4.74 Å². The predicted octanol–water partition coefficient (Wildman–Crippen LogP) is 3.18. The van der Waals surface area contributed by atoms with E-state index < -0.39 is 0 Å². The van der Waals surface area contributed by atoms with Crippen LogP contribution in [0.1, 0.15) is 21.9 Å². The molecule has 3 rings (SSSR count). The van der Waals surface area contributed by atoms with Gasteiger partial charge in [-0.05, 0) is 37.3 Å². The molecule has 0 N–H and O–H groups in total. The lowest BCUT2D eigenvalue weighted by atomic mass is 10.0. The number of aromatic nitrogens is 2. The Balaban J connectivity index is 2.12. The highest BCUT2D eigenvalue weighted by atomic mass is 16.5. The number of ether oxygens (including phenoxy) is 1. The first-order valence-corrected chi connectivity index (χ1v) is 6.61. The minimum atomic E-state index is -0.112. The lowest BCUT2D eigenvalue weighted by Gasteiger charge is -2.07. The normalized spacial score (nSPS) is 10.6. The van der Waals surface area contributed by atoms with Crippen LogP contribution in [0.3, 0.4) is 0 Å². The first kappa shape index (κ1) is 13.2. The van der Waals surface area contributed by atoms with E-state index >= 15 is 0 Å². The molecule has 2 aromatic carbocycles. The monoisotopic (exact) mass is 278 g/mol. The Morgan fingerprint density at radius 1 is 1.00 bits per heavy atom. The molecule has 3 aromatic rings. The van der Waals surface area contributed by atoms with Gasteiger partial charge in [-0.1, -0.05) is 18.2 Å². The second-order valence-corrected chi connectivity index (χ2v) is 4.69. The number of benzene rings is 2. The summed E-state index contributed by atoms with van der Waals surface area (Å²) in [6, 6.07) is 14.6. The molecule has 0 aliphatic carbocycles. The van der Waals surface area contributed by atoms with Crippen molar-refractivity contribution >= 4 is 16.7 Å². The van der Waals surface area contributed by atoms with Gasteiger partial charge in [-0.2, -0.15) is 0 Å². The number of hydrogen-bond acceptors (Lipinski definition) is 4. The molecule has 0 bridgehead atoms. The highest BCUT2D eigenvalue weighted by molar-refractivity contribution is 6.14. The van der Waals surface area contributed by atoms with Gasteiger partial charge >= 0.3 is 0 Å². The quantitative estimate of drug-likeness (QED) is 0.690. The van der Waals surface area contributed by atoms with Crippen LogP contribution in [0.15, 0.2) is 48.5 Å². The molecule has 1 aromatic heterocycles. The predicted molar refractivity (Wildman–Crippen MR) is 80.7 cm³/mol. The molecule has 104 valence electrons. The van der Waals surface area contributed by atoms with E-state index in [0.29, 0.717) is 17.1 Å². The van der Waals surface area contributed by atoms with Gasteiger partial charge in [0.15, 0.2) is 0 Å². The van der Waals surface area contributed by atoms with Crippen molar-refractivity contribution in [3.8, 4) is 5.75 Å². The third-order valence-electron chi connectivity index (χ3n) is 3.28. The maximum atomic E-state index is 12.7. The number of para-hydroxylation sites is 1. The van der Waals surface area contributed by atoms with E-state index in [-0.39, 0.29) is 5.78 Å². The SMILES string of the molecule is COc1ccc(C(=O)c2nc(C)nc3ccccc23)cc1. The number of nitrogens with zero attached hydrogens (tertiary/aromatic N) is 2. The Bertz CT molecular complexity index is 811. The number of rotatable bonds is 3. The fourth-order valence-corrected chi connectivity index (χ4v) is 2.24. The second-order valence-electron chi connectivity index (χ2n) is 4.69. The van der Waals surface area contributed by atoms with Crippen LogP contribution in [-0.2, 0) is 0 Å². The minimum Gasteiger partial charge on any atom is -0.497 e. The third-order valence-corrected chi connectivity index (χ3v) is 3.28. The zero-order chi connectivity index (χ0) is 14.8. The smallest absolute Gasteiger partial charge is 0.212 e. The molecule has 0 atom stereocenters. The van der Waals surface area contributed by atoms with Crippen molar-refractivity contribution in [3.63, 3.8) is 0 Å². The Labute approximate surface area is 122 Å². The van der Waals surface area contributed by atoms with Gasteiger partial charge in [-0.25, -0.2) is 9.97 Å². The average Bonchev–Trinajstić information content (AvgIpc) is 2.53. The zero-order valence-electron chi connectivity index (χ0n) is 11.8. The highest BCUT2D eigenvalue weighted by Crippen LogP contribution is 2.20. The number of carbonyl (C=O) groups excluding carboxylic acids is 1. The summed E-state index contributed by atoms with van der Waals surface area (Å²) >= 11 is 0. The van der Waals surface area contributed by atoms with Crippen molar-refractivity contribution in [1.82, 2.24) is 9.97 Å². The zero-order valence-corrected chi connectivity index (χ0v) is 11.8. The summed E-state index contributed by atoms with van der Waals surface area (Å²) in [5, 5.41) is 0.768. The largest absolute Gasteiger partial charge is 0.497 e. The van der Waals surface area contributed by atoms with Crippen LogP contribution in [0, 0.1) is 6.92 Å². The summed E-state index contributed by atoms with van der Waals surface area (Å²) in [7, 11) is 1.60. The molecular formula is C17H14N2O2. The molecular weight excluding hydrogens is 264 g/mol. The van der Waals surface area contributed by atoms with E-state index in [1.54, 1.807) is 38.3 Å². The van der Waals surface area contributed by atoms with E-state index in [9.17, 15) is 4.79 Å². The van der Waals surface area contributed by atoms with Gasteiger partial charge in [0.05, 0.1) is 12.6 Å². The van der Waals surface area contributed by atoms with Crippen LogP contribution in [0.25, 0.3) is 10.9 Å². The number of carbonyl (C=O) groups is 1. The molecule has 0 amide bonds. The van der Waals surface area contributed by atoms with Crippen LogP contribution in [0.2, 0.25) is 0 Å². The van der Waals surface area contributed by atoms with Crippen LogP contribution in [0.5, 0.6) is 5.75 Å². The molecule has 0 unspecified atom stereocenters.